The van der Waals surface area contributed by atoms with Crippen LogP contribution in [-0.2, 0) is 19.3 Å². The van der Waals surface area contributed by atoms with Crippen LogP contribution in [0.5, 0.6) is 5.75 Å². The Morgan fingerprint density at radius 1 is 0.686 bits per heavy atom. The average Bonchev–Trinajstić information content (AvgIpc) is 2.84. The molecule has 4 aromatic carbocycles. The summed E-state index contributed by atoms with van der Waals surface area (Å²) in [5, 5.41) is 1.40. The highest BCUT2D eigenvalue weighted by molar-refractivity contribution is 5.88. The van der Waals surface area contributed by atoms with E-state index in [1.165, 1.54) is 37.0 Å². The summed E-state index contributed by atoms with van der Waals surface area (Å²) in [6.07, 6.45) is 0.980. The summed E-state index contributed by atoms with van der Waals surface area (Å²) in [6.45, 7) is 2.20. The topological polar surface area (TPSA) is 9.23 Å². The minimum atomic E-state index is -4.71. The van der Waals surface area contributed by atoms with E-state index in [4.69, 9.17) is 0 Å². The molecular weight excluding hydrogens is 452 g/mol. The van der Waals surface area contributed by atoms with Crippen LogP contribution in [0.4, 0.5) is 17.6 Å². The number of fused-ring (bicyclic) bond motifs is 1. The van der Waals surface area contributed by atoms with Crippen molar-refractivity contribution in [2.45, 2.75) is 51.8 Å². The van der Waals surface area contributed by atoms with Gasteiger partial charge < -0.3 is 4.74 Å². The van der Waals surface area contributed by atoms with Crippen LogP contribution in [0.25, 0.3) is 21.9 Å². The third-order valence-electron chi connectivity index (χ3n) is 6.23. The van der Waals surface area contributed by atoms with E-state index in [1.54, 1.807) is 18.2 Å². The average molecular weight is 481 g/mol. The fourth-order valence-electron chi connectivity index (χ4n) is 4.29. The van der Waals surface area contributed by atoms with E-state index < -0.39 is 6.36 Å². The molecule has 0 saturated carbocycles. The number of hydrogen-bond acceptors (Lipinski definition) is 1. The smallest absolute Gasteiger partial charge is 0.406 e. The van der Waals surface area contributed by atoms with E-state index in [0.717, 1.165) is 28.5 Å². The van der Waals surface area contributed by atoms with E-state index >= 15 is 4.39 Å². The van der Waals surface area contributed by atoms with E-state index in [9.17, 15) is 13.2 Å². The molecule has 4 rings (SSSR count). The molecule has 0 N–H and O–H groups in total. The number of alkyl halides is 3. The Morgan fingerprint density at radius 3 is 2.03 bits per heavy atom. The van der Waals surface area contributed by atoms with E-state index in [0.29, 0.717) is 23.8 Å². The van der Waals surface area contributed by atoms with Crippen molar-refractivity contribution in [1.82, 2.24) is 0 Å². The molecule has 0 aromatic heterocycles. The first-order valence-electron chi connectivity index (χ1n) is 12.0. The lowest BCUT2D eigenvalue weighted by Crippen LogP contribution is -2.17. The van der Waals surface area contributed by atoms with Crippen molar-refractivity contribution in [3.63, 3.8) is 0 Å². The van der Waals surface area contributed by atoms with Crippen LogP contribution in [0.2, 0.25) is 0 Å². The summed E-state index contributed by atoms with van der Waals surface area (Å²) in [5.41, 5.74) is 4.88. The van der Waals surface area contributed by atoms with Crippen LogP contribution >= 0.6 is 0 Å². The van der Waals surface area contributed by atoms with Crippen molar-refractivity contribution < 1.29 is 22.3 Å². The molecule has 0 aliphatic carbocycles. The molecule has 35 heavy (non-hydrogen) atoms. The van der Waals surface area contributed by atoms with Crippen LogP contribution in [0.1, 0.15) is 42.9 Å². The monoisotopic (exact) mass is 480 g/mol. The fourth-order valence-corrected chi connectivity index (χ4v) is 4.29. The lowest BCUT2D eigenvalue weighted by Gasteiger charge is -2.11. The number of halogens is 4. The molecule has 0 unspecified atom stereocenters. The molecule has 4 aromatic rings. The molecule has 0 heterocycles. The van der Waals surface area contributed by atoms with Gasteiger partial charge in [-0.05, 0) is 77.1 Å². The van der Waals surface area contributed by atoms with Crippen LogP contribution < -0.4 is 4.74 Å². The summed E-state index contributed by atoms with van der Waals surface area (Å²) >= 11 is 0. The molecule has 0 aliphatic rings. The lowest BCUT2D eigenvalue weighted by molar-refractivity contribution is -0.274. The Bertz CT molecular complexity index is 1260. The summed E-state index contributed by atoms with van der Waals surface area (Å²) in [5.74, 6) is -0.516. The second-order valence-corrected chi connectivity index (χ2v) is 8.82. The standard InChI is InChI=1S/C30H28F4O/c1-2-3-4-5-21-6-11-23(12-7-21)25-16-19-28-26(20-25)15-14-24(29(28)31)13-8-22-9-17-27(18-10-22)35-30(32,33)34/h6-7,9-12,14-20H,2-5,8,13H2,1H3. The summed E-state index contributed by atoms with van der Waals surface area (Å²) in [7, 11) is 0. The van der Waals surface area contributed by atoms with Gasteiger partial charge in [-0.3, -0.25) is 0 Å². The van der Waals surface area contributed by atoms with Crippen molar-refractivity contribution in [1.29, 1.82) is 0 Å². The molecule has 0 amide bonds. The zero-order valence-corrected chi connectivity index (χ0v) is 19.7. The lowest BCUT2D eigenvalue weighted by atomic mass is 9.96. The van der Waals surface area contributed by atoms with Gasteiger partial charge in [-0.25, -0.2) is 4.39 Å². The van der Waals surface area contributed by atoms with E-state index in [2.05, 4.69) is 35.9 Å². The zero-order valence-electron chi connectivity index (χ0n) is 19.7. The number of benzene rings is 4. The molecule has 5 heteroatoms. The number of unbranched alkanes of at least 4 members (excludes halogenated alkanes) is 2. The maximum absolute atomic E-state index is 15.2. The Kier molecular flexibility index (Phi) is 7.74. The van der Waals surface area contributed by atoms with Gasteiger partial charge in [0.05, 0.1) is 0 Å². The predicted octanol–water partition coefficient (Wildman–Crippen LogP) is 9.06. The minimum absolute atomic E-state index is 0.252. The van der Waals surface area contributed by atoms with Crippen molar-refractivity contribution in [3.05, 3.63) is 101 Å². The second-order valence-electron chi connectivity index (χ2n) is 8.82. The molecule has 182 valence electrons. The number of hydrogen-bond donors (Lipinski definition) is 0. The van der Waals surface area contributed by atoms with Gasteiger partial charge in [0.25, 0.3) is 0 Å². The number of aryl methyl sites for hydroxylation is 3. The van der Waals surface area contributed by atoms with Crippen molar-refractivity contribution in [2.75, 3.05) is 0 Å². The molecule has 1 nitrogen and oxygen atoms in total. The SMILES string of the molecule is CCCCCc1ccc(-c2ccc3c(F)c(CCc4ccc(OC(F)(F)F)cc4)ccc3c2)cc1. The molecule has 0 bridgehead atoms. The van der Waals surface area contributed by atoms with Crippen LogP contribution in [0.3, 0.4) is 0 Å². The maximum Gasteiger partial charge on any atom is 0.573 e. The summed E-state index contributed by atoms with van der Waals surface area (Å²) in [4.78, 5) is 0. The third kappa shape index (κ3) is 6.62. The van der Waals surface area contributed by atoms with Crippen LogP contribution in [0, 0.1) is 5.82 Å². The Labute approximate surface area is 203 Å². The first kappa shape index (κ1) is 24.8. The second kappa shape index (κ2) is 10.9. The molecular formula is C30H28F4O. The van der Waals surface area contributed by atoms with Crippen LogP contribution in [0.15, 0.2) is 78.9 Å². The van der Waals surface area contributed by atoms with Gasteiger partial charge in [-0.2, -0.15) is 0 Å². The Morgan fingerprint density at radius 2 is 1.34 bits per heavy atom. The highest BCUT2D eigenvalue weighted by Gasteiger charge is 2.30. The molecule has 0 spiro atoms. The number of ether oxygens (including phenoxy) is 1. The Balaban J connectivity index is 1.44. The van der Waals surface area contributed by atoms with E-state index in [1.807, 2.05) is 24.3 Å². The molecule has 0 aliphatic heterocycles. The van der Waals surface area contributed by atoms with Gasteiger partial charge in [0, 0.05) is 5.39 Å². The van der Waals surface area contributed by atoms with Gasteiger partial charge in [-0.1, -0.05) is 80.4 Å². The fraction of sp³-hybridized carbons (Fsp3) is 0.267. The summed E-state index contributed by atoms with van der Waals surface area (Å²) in [6, 6.07) is 23.8. The van der Waals surface area contributed by atoms with Crippen molar-refractivity contribution in [3.8, 4) is 16.9 Å². The third-order valence-corrected chi connectivity index (χ3v) is 6.23. The highest BCUT2D eigenvalue weighted by atomic mass is 19.4. The molecule has 0 radical (unpaired) electrons. The Hall–Kier alpha value is -3.34. The number of rotatable bonds is 9. The van der Waals surface area contributed by atoms with Crippen molar-refractivity contribution >= 4 is 10.8 Å². The molecule has 0 saturated heterocycles. The predicted molar refractivity (Wildman–Crippen MR) is 133 cm³/mol. The van der Waals surface area contributed by atoms with E-state index in [-0.39, 0.29) is 11.6 Å². The normalized spacial score (nSPS) is 11.7. The van der Waals surface area contributed by atoms with Gasteiger partial charge in [0.1, 0.15) is 11.6 Å². The van der Waals surface area contributed by atoms with Gasteiger partial charge >= 0.3 is 6.36 Å². The largest absolute Gasteiger partial charge is 0.573 e. The van der Waals surface area contributed by atoms with Crippen LogP contribution in [-0.4, -0.2) is 6.36 Å². The first-order valence-corrected chi connectivity index (χ1v) is 12.0. The zero-order chi connectivity index (χ0) is 24.8. The maximum atomic E-state index is 15.2. The molecule has 0 fully saturated rings. The first-order chi connectivity index (χ1) is 16.8. The van der Waals surface area contributed by atoms with Gasteiger partial charge in [0.2, 0.25) is 0 Å². The van der Waals surface area contributed by atoms with Crippen molar-refractivity contribution in [2.24, 2.45) is 0 Å². The minimum Gasteiger partial charge on any atom is -0.406 e. The quantitative estimate of drug-likeness (QED) is 0.171. The van der Waals surface area contributed by atoms with Gasteiger partial charge in [0.15, 0.2) is 0 Å². The summed E-state index contributed by atoms with van der Waals surface area (Å²) < 4.78 is 56.0. The highest BCUT2D eigenvalue weighted by Crippen LogP contribution is 2.29. The molecule has 0 atom stereocenters. The van der Waals surface area contributed by atoms with Gasteiger partial charge in [-0.15, -0.1) is 13.2 Å².